The van der Waals surface area contributed by atoms with Gasteiger partial charge in [-0.1, -0.05) is 15.9 Å². The molecule has 4 heteroatoms. The molecule has 0 amide bonds. The van der Waals surface area contributed by atoms with Gasteiger partial charge in [0.05, 0.1) is 18.8 Å². The molecule has 1 aliphatic heterocycles. The fraction of sp³-hybridized carbons (Fsp3) is 0.417. The zero-order valence-corrected chi connectivity index (χ0v) is 10.4. The lowest BCUT2D eigenvalue weighted by Gasteiger charge is -2.23. The Balaban J connectivity index is 2.10. The van der Waals surface area contributed by atoms with E-state index in [2.05, 4.69) is 15.9 Å². The first kappa shape index (κ1) is 11.6. The number of ether oxygens (including phenoxy) is 2. The van der Waals surface area contributed by atoms with Crippen LogP contribution in [-0.2, 0) is 4.74 Å². The molecular weight excluding hydrogens is 272 g/mol. The number of hydrogen-bond donors (Lipinski definition) is 0. The highest BCUT2D eigenvalue weighted by atomic mass is 79.9. The van der Waals surface area contributed by atoms with Gasteiger partial charge >= 0.3 is 0 Å². The highest BCUT2D eigenvalue weighted by Crippen LogP contribution is 2.24. The second kappa shape index (κ2) is 5.46. The van der Waals surface area contributed by atoms with Gasteiger partial charge in [-0.2, -0.15) is 0 Å². The highest BCUT2D eigenvalue weighted by Gasteiger charge is 2.16. The fourth-order valence-electron chi connectivity index (χ4n) is 1.69. The van der Waals surface area contributed by atoms with Crippen LogP contribution in [0.5, 0.6) is 5.75 Å². The standard InChI is InChI=1S/C12H13BrO3/c13-10-1-2-12(9(7-10)8-14)16-11-3-5-15-6-4-11/h1-2,7-8,11H,3-6H2. The molecule has 0 N–H and O–H groups in total. The van der Waals surface area contributed by atoms with E-state index >= 15 is 0 Å². The summed E-state index contributed by atoms with van der Waals surface area (Å²) in [4.78, 5) is 10.9. The largest absolute Gasteiger partial charge is 0.490 e. The van der Waals surface area contributed by atoms with E-state index in [4.69, 9.17) is 9.47 Å². The van der Waals surface area contributed by atoms with Crippen LogP contribution >= 0.6 is 15.9 Å². The van der Waals surface area contributed by atoms with Crippen molar-refractivity contribution in [2.24, 2.45) is 0 Å². The lowest BCUT2D eigenvalue weighted by Crippen LogP contribution is -2.26. The summed E-state index contributed by atoms with van der Waals surface area (Å²) in [6, 6.07) is 5.46. The van der Waals surface area contributed by atoms with Gasteiger partial charge in [-0.15, -0.1) is 0 Å². The van der Waals surface area contributed by atoms with Crippen LogP contribution < -0.4 is 4.74 Å². The molecule has 86 valence electrons. The molecule has 2 rings (SSSR count). The molecule has 1 aliphatic rings. The minimum atomic E-state index is 0.161. The molecule has 0 aromatic heterocycles. The van der Waals surface area contributed by atoms with Gasteiger partial charge in [0.1, 0.15) is 11.9 Å². The topological polar surface area (TPSA) is 35.5 Å². The Labute approximate surface area is 103 Å². The van der Waals surface area contributed by atoms with Crippen LogP contribution in [0.15, 0.2) is 22.7 Å². The van der Waals surface area contributed by atoms with E-state index in [0.29, 0.717) is 11.3 Å². The lowest BCUT2D eigenvalue weighted by atomic mass is 10.1. The maximum atomic E-state index is 10.9. The van der Waals surface area contributed by atoms with Gasteiger partial charge in [0.2, 0.25) is 0 Å². The molecule has 1 aromatic rings. The Hall–Kier alpha value is -0.870. The molecule has 0 unspecified atom stereocenters. The van der Waals surface area contributed by atoms with E-state index < -0.39 is 0 Å². The SMILES string of the molecule is O=Cc1cc(Br)ccc1OC1CCOCC1. The summed E-state index contributed by atoms with van der Waals surface area (Å²) in [5.74, 6) is 0.658. The van der Waals surface area contributed by atoms with Crippen molar-refractivity contribution in [1.29, 1.82) is 0 Å². The average molecular weight is 285 g/mol. The molecule has 1 aromatic carbocycles. The van der Waals surface area contributed by atoms with Crippen LogP contribution in [0.2, 0.25) is 0 Å². The average Bonchev–Trinajstić information content (AvgIpc) is 2.33. The van der Waals surface area contributed by atoms with Crippen LogP contribution in [0.4, 0.5) is 0 Å². The first-order chi connectivity index (χ1) is 7.79. The van der Waals surface area contributed by atoms with Crippen LogP contribution in [0.3, 0.4) is 0 Å². The van der Waals surface area contributed by atoms with Gasteiger partial charge in [0, 0.05) is 17.3 Å². The summed E-state index contributed by atoms with van der Waals surface area (Å²) in [7, 11) is 0. The fourth-order valence-corrected chi connectivity index (χ4v) is 2.07. The molecule has 3 nitrogen and oxygen atoms in total. The molecule has 0 aliphatic carbocycles. The first-order valence-corrected chi connectivity index (χ1v) is 6.08. The first-order valence-electron chi connectivity index (χ1n) is 5.29. The van der Waals surface area contributed by atoms with E-state index in [1.54, 1.807) is 6.07 Å². The van der Waals surface area contributed by atoms with Gasteiger partial charge in [-0.05, 0) is 18.2 Å². The Kier molecular flexibility index (Phi) is 3.96. The van der Waals surface area contributed by atoms with E-state index in [9.17, 15) is 4.79 Å². The van der Waals surface area contributed by atoms with Crippen LogP contribution in [0, 0.1) is 0 Å². The van der Waals surface area contributed by atoms with Crippen molar-refractivity contribution in [1.82, 2.24) is 0 Å². The van der Waals surface area contributed by atoms with Crippen molar-refractivity contribution >= 4 is 22.2 Å². The zero-order valence-electron chi connectivity index (χ0n) is 8.82. The Morgan fingerprint density at radius 3 is 2.81 bits per heavy atom. The van der Waals surface area contributed by atoms with Gasteiger partial charge in [-0.25, -0.2) is 0 Å². The van der Waals surface area contributed by atoms with Crippen molar-refractivity contribution in [3.8, 4) is 5.75 Å². The lowest BCUT2D eigenvalue weighted by molar-refractivity contribution is 0.0253. The number of carbonyl (C=O) groups excluding carboxylic acids is 1. The van der Waals surface area contributed by atoms with E-state index in [0.717, 1.165) is 36.8 Å². The maximum absolute atomic E-state index is 10.9. The minimum absolute atomic E-state index is 0.161. The van der Waals surface area contributed by atoms with Gasteiger partial charge in [0.15, 0.2) is 6.29 Å². The summed E-state index contributed by atoms with van der Waals surface area (Å²) < 4.78 is 11.9. The molecular formula is C12H13BrO3. The Morgan fingerprint density at radius 1 is 1.38 bits per heavy atom. The van der Waals surface area contributed by atoms with Gasteiger partial charge in [0.25, 0.3) is 0 Å². The van der Waals surface area contributed by atoms with Crippen molar-refractivity contribution < 1.29 is 14.3 Å². The molecule has 0 bridgehead atoms. The van der Waals surface area contributed by atoms with Crippen molar-refractivity contribution in [3.05, 3.63) is 28.2 Å². The van der Waals surface area contributed by atoms with E-state index in [-0.39, 0.29) is 6.10 Å². The third-order valence-electron chi connectivity index (χ3n) is 2.56. The summed E-state index contributed by atoms with van der Waals surface area (Å²) in [6.45, 7) is 1.47. The van der Waals surface area contributed by atoms with Crippen LogP contribution in [0.1, 0.15) is 23.2 Å². The summed E-state index contributed by atoms with van der Waals surface area (Å²) in [5, 5.41) is 0. The number of benzene rings is 1. The third-order valence-corrected chi connectivity index (χ3v) is 3.05. The minimum Gasteiger partial charge on any atom is -0.490 e. The number of hydrogen-bond acceptors (Lipinski definition) is 3. The summed E-state index contributed by atoms with van der Waals surface area (Å²) >= 11 is 3.33. The number of rotatable bonds is 3. The molecule has 1 fully saturated rings. The number of carbonyl (C=O) groups is 1. The van der Waals surface area contributed by atoms with Gasteiger partial charge < -0.3 is 9.47 Å². The van der Waals surface area contributed by atoms with Crippen molar-refractivity contribution in [2.75, 3.05) is 13.2 Å². The predicted octanol–water partition coefficient (Wildman–Crippen LogP) is 2.82. The predicted molar refractivity (Wildman–Crippen MR) is 64.0 cm³/mol. The molecule has 0 spiro atoms. The third kappa shape index (κ3) is 2.83. The summed E-state index contributed by atoms with van der Waals surface area (Å²) in [5.41, 5.74) is 0.584. The van der Waals surface area contributed by atoms with Crippen molar-refractivity contribution in [2.45, 2.75) is 18.9 Å². The Morgan fingerprint density at radius 2 is 2.12 bits per heavy atom. The molecule has 1 heterocycles. The van der Waals surface area contributed by atoms with E-state index in [1.165, 1.54) is 0 Å². The van der Waals surface area contributed by atoms with E-state index in [1.807, 2.05) is 12.1 Å². The normalized spacial score (nSPS) is 17.1. The monoisotopic (exact) mass is 284 g/mol. The number of halogens is 1. The van der Waals surface area contributed by atoms with Gasteiger partial charge in [-0.3, -0.25) is 4.79 Å². The molecule has 0 atom stereocenters. The Bertz CT molecular complexity index is 373. The van der Waals surface area contributed by atoms with Crippen LogP contribution in [0.25, 0.3) is 0 Å². The van der Waals surface area contributed by atoms with Crippen LogP contribution in [-0.4, -0.2) is 25.6 Å². The quantitative estimate of drug-likeness (QED) is 0.801. The molecule has 0 radical (unpaired) electrons. The summed E-state index contributed by atoms with van der Waals surface area (Å²) in [6.07, 6.45) is 2.75. The van der Waals surface area contributed by atoms with Crippen molar-refractivity contribution in [3.63, 3.8) is 0 Å². The highest BCUT2D eigenvalue weighted by molar-refractivity contribution is 9.10. The smallest absolute Gasteiger partial charge is 0.153 e. The molecule has 1 saturated heterocycles. The molecule has 0 saturated carbocycles. The maximum Gasteiger partial charge on any atom is 0.153 e. The number of aldehydes is 1. The zero-order chi connectivity index (χ0) is 11.4. The second-order valence-corrected chi connectivity index (χ2v) is 4.65. The molecule has 16 heavy (non-hydrogen) atoms. The second-order valence-electron chi connectivity index (χ2n) is 3.73.